The summed E-state index contributed by atoms with van der Waals surface area (Å²) in [7, 11) is 3.75. The molecule has 1 aromatic rings. The van der Waals surface area contributed by atoms with Gasteiger partial charge in [-0.2, -0.15) is 0 Å². The number of rotatable bonds is 1. The third-order valence-electron chi connectivity index (χ3n) is 2.55. The predicted molar refractivity (Wildman–Crippen MR) is 71.0 cm³/mol. The Bertz CT molecular complexity index is 342. The van der Waals surface area contributed by atoms with E-state index in [-0.39, 0.29) is 5.91 Å². The number of carbonyl (C=O) groups excluding carboxylic acids is 1. The highest BCUT2D eigenvalue weighted by atomic mass is 16.2. The van der Waals surface area contributed by atoms with Gasteiger partial charge < -0.3 is 16.0 Å². The van der Waals surface area contributed by atoms with Crippen molar-refractivity contribution >= 4 is 11.6 Å². The molecule has 94 valence electrons. The third kappa shape index (κ3) is 4.07. The van der Waals surface area contributed by atoms with E-state index in [1.807, 2.05) is 19.0 Å². The molecule has 1 heterocycles. The van der Waals surface area contributed by atoms with Gasteiger partial charge in [-0.05, 0) is 51.2 Å². The normalized spacial score (nSPS) is 14.1. The molecule has 1 aromatic carbocycles. The van der Waals surface area contributed by atoms with Gasteiger partial charge in [-0.3, -0.25) is 4.79 Å². The zero-order chi connectivity index (χ0) is 12.7. The molecule has 0 spiro atoms. The number of anilines is 1. The number of carbonyl (C=O) groups is 1. The Morgan fingerprint density at radius 1 is 1.18 bits per heavy atom. The van der Waals surface area contributed by atoms with Crippen LogP contribution >= 0.6 is 0 Å². The summed E-state index contributed by atoms with van der Waals surface area (Å²) in [5, 5.41) is 2.75. The highest BCUT2D eigenvalue weighted by Crippen LogP contribution is 2.13. The van der Waals surface area contributed by atoms with Crippen LogP contribution in [0.25, 0.3) is 0 Å². The Labute approximate surface area is 103 Å². The van der Waals surface area contributed by atoms with Crippen LogP contribution in [0.15, 0.2) is 24.3 Å². The van der Waals surface area contributed by atoms with E-state index in [0.717, 1.165) is 31.5 Å². The van der Waals surface area contributed by atoms with E-state index in [2.05, 4.69) is 5.32 Å². The van der Waals surface area contributed by atoms with Crippen molar-refractivity contribution in [2.45, 2.75) is 12.8 Å². The van der Waals surface area contributed by atoms with Gasteiger partial charge in [-0.1, -0.05) is 0 Å². The number of nitrogens with zero attached hydrogens (tertiary/aromatic N) is 1. The Morgan fingerprint density at radius 3 is 2.12 bits per heavy atom. The van der Waals surface area contributed by atoms with Crippen LogP contribution in [0.1, 0.15) is 23.2 Å². The van der Waals surface area contributed by atoms with E-state index >= 15 is 0 Å². The molecule has 1 saturated heterocycles. The maximum Gasteiger partial charge on any atom is 0.253 e. The average molecular weight is 235 g/mol. The van der Waals surface area contributed by atoms with E-state index in [1.54, 1.807) is 24.3 Å². The molecule has 0 saturated carbocycles. The number of benzene rings is 1. The van der Waals surface area contributed by atoms with Crippen molar-refractivity contribution in [1.29, 1.82) is 0 Å². The quantitative estimate of drug-likeness (QED) is 0.722. The second-order valence-electron chi connectivity index (χ2n) is 4.12. The Kier molecular flexibility index (Phi) is 5.49. The molecule has 1 aliphatic rings. The highest BCUT2D eigenvalue weighted by Gasteiger charge is 2.18. The fourth-order valence-corrected chi connectivity index (χ4v) is 1.73. The number of nitrogen functional groups attached to an aromatic ring is 1. The number of nitrogens with two attached hydrogens (primary N) is 1. The molecule has 3 N–H and O–H groups in total. The lowest BCUT2D eigenvalue weighted by atomic mass is 10.2. The van der Waals surface area contributed by atoms with Crippen molar-refractivity contribution in [1.82, 2.24) is 10.2 Å². The second-order valence-corrected chi connectivity index (χ2v) is 4.12. The molecule has 1 fully saturated rings. The summed E-state index contributed by atoms with van der Waals surface area (Å²) >= 11 is 0. The van der Waals surface area contributed by atoms with E-state index in [4.69, 9.17) is 5.73 Å². The molecule has 0 radical (unpaired) electrons. The smallest absolute Gasteiger partial charge is 0.253 e. The van der Waals surface area contributed by atoms with E-state index in [9.17, 15) is 4.79 Å². The van der Waals surface area contributed by atoms with Crippen molar-refractivity contribution < 1.29 is 4.79 Å². The number of likely N-dealkylation sites (tertiary alicyclic amines) is 1. The van der Waals surface area contributed by atoms with Crippen LogP contribution in [0.5, 0.6) is 0 Å². The average Bonchev–Trinajstić information content (AvgIpc) is 2.83. The van der Waals surface area contributed by atoms with Crippen LogP contribution in [0.4, 0.5) is 5.69 Å². The zero-order valence-corrected chi connectivity index (χ0v) is 10.6. The fraction of sp³-hybridized carbons (Fsp3) is 0.462. The molecule has 0 aliphatic carbocycles. The molecule has 0 atom stereocenters. The zero-order valence-electron chi connectivity index (χ0n) is 10.6. The summed E-state index contributed by atoms with van der Waals surface area (Å²) in [4.78, 5) is 13.7. The number of hydrogen-bond donors (Lipinski definition) is 2. The lowest BCUT2D eigenvalue weighted by molar-refractivity contribution is 0.0793. The van der Waals surface area contributed by atoms with Crippen LogP contribution in [-0.4, -0.2) is 38.0 Å². The first-order valence-corrected chi connectivity index (χ1v) is 5.92. The minimum Gasteiger partial charge on any atom is -0.399 e. The minimum absolute atomic E-state index is 0.127. The summed E-state index contributed by atoms with van der Waals surface area (Å²) < 4.78 is 0. The topological polar surface area (TPSA) is 58.4 Å². The van der Waals surface area contributed by atoms with E-state index < -0.39 is 0 Å². The standard InChI is InChI=1S/C11H14N2O.C2H7N/c12-10-5-3-9(4-6-10)11(14)13-7-1-2-8-13;1-3-2/h3-6H,1-2,7-8,12H2;3H,1-2H3. The lowest BCUT2D eigenvalue weighted by Crippen LogP contribution is -2.27. The van der Waals surface area contributed by atoms with Crippen LogP contribution in [0, 0.1) is 0 Å². The van der Waals surface area contributed by atoms with Gasteiger partial charge >= 0.3 is 0 Å². The van der Waals surface area contributed by atoms with Gasteiger partial charge in [0.15, 0.2) is 0 Å². The molecule has 17 heavy (non-hydrogen) atoms. The van der Waals surface area contributed by atoms with Crippen molar-refractivity contribution in [2.75, 3.05) is 32.9 Å². The summed E-state index contributed by atoms with van der Waals surface area (Å²) in [5.41, 5.74) is 6.99. The largest absolute Gasteiger partial charge is 0.399 e. The molecule has 2 rings (SSSR count). The molecule has 1 aliphatic heterocycles. The van der Waals surface area contributed by atoms with E-state index in [1.165, 1.54) is 0 Å². The van der Waals surface area contributed by atoms with Crippen LogP contribution in [-0.2, 0) is 0 Å². The summed E-state index contributed by atoms with van der Waals surface area (Å²) in [6.07, 6.45) is 2.25. The molecule has 4 heteroatoms. The lowest BCUT2D eigenvalue weighted by Gasteiger charge is -2.14. The maximum atomic E-state index is 11.8. The summed E-state index contributed by atoms with van der Waals surface area (Å²) in [5.74, 6) is 0.127. The SMILES string of the molecule is CNC.Nc1ccc(C(=O)N2CCCC2)cc1. The van der Waals surface area contributed by atoms with Gasteiger partial charge in [0.1, 0.15) is 0 Å². The Hall–Kier alpha value is -1.55. The second kappa shape index (κ2) is 6.91. The predicted octanol–water partition coefficient (Wildman–Crippen LogP) is 1.34. The fourth-order valence-electron chi connectivity index (χ4n) is 1.73. The summed E-state index contributed by atoms with van der Waals surface area (Å²) in [6.45, 7) is 1.78. The van der Waals surface area contributed by atoms with Crippen molar-refractivity contribution in [3.05, 3.63) is 29.8 Å². The van der Waals surface area contributed by atoms with Crippen molar-refractivity contribution in [3.8, 4) is 0 Å². The van der Waals surface area contributed by atoms with Gasteiger partial charge in [-0.15, -0.1) is 0 Å². The Morgan fingerprint density at radius 2 is 1.65 bits per heavy atom. The number of hydrogen-bond acceptors (Lipinski definition) is 3. The molecule has 4 nitrogen and oxygen atoms in total. The van der Waals surface area contributed by atoms with Crippen LogP contribution in [0.2, 0.25) is 0 Å². The molecule has 0 bridgehead atoms. The number of amides is 1. The van der Waals surface area contributed by atoms with Crippen molar-refractivity contribution in [3.63, 3.8) is 0 Å². The van der Waals surface area contributed by atoms with Gasteiger partial charge in [0.05, 0.1) is 0 Å². The molecule has 0 unspecified atom stereocenters. The van der Waals surface area contributed by atoms with Gasteiger partial charge in [0, 0.05) is 24.3 Å². The van der Waals surface area contributed by atoms with Crippen LogP contribution in [0.3, 0.4) is 0 Å². The molecular weight excluding hydrogens is 214 g/mol. The number of nitrogens with one attached hydrogen (secondary N) is 1. The van der Waals surface area contributed by atoms with Gasteiger partial charge in [0.2, 0.25) is 0 Å². The van der Waals surface area contributed by atoms with Crippen LogP contribution < -0.4 is 11.1 Å². The van der Waals surface area contributed by atoms with Crippen molar-refractivity contribution in [2.24, 2.45) is 0 Å². The van der Waals surface area contributed by atoms with E-state index in [0.29, 0.717) is 5.69 Å². The molecule has 0 aromatic heterocycles. The van der Waals surface area contributed by atoms with Gasteiger partial charge in [0.25, 0.3) is 5.91 Å². The monoisotopic (exact) mass is 235 g/mol. The molecular formula is C13H21N3O. The first kappa shape index (κ1) is 13.5. The summed E-state index contributed by atoms with van der Waals surface area (Å²) in [6, 6.07) is 7.11. The Balaban J connectivity index is 0.000000437. The minimum atomic E-state index is 0.127. The van der Waals surface area contributed by atoms with Gasteiger partial charge in [-0.25, -0.2) is 0 Å². The highest BCUT2D eigenvalue weighted by molar-refractivity contribution is 5.94. The maximum absolute atomic E-state index is 11.8. The first-order chi connectivity index (χ1) is 8.19. The molecule has 1 amide bonds. The third-order valence-corrected chi connectivity index (χ3v) is 2.55. The first-order valence-electron chi connectivity index (χ1n) is 5.92.